The van der Waals surface area contributed by atoms with E-state index in [0.29, 0.717) is 16.7 Å². The van der Waals surface area contributed by atoms with E-state index in [1.54, 1.807) is 12.3 Å². The van der Waals surface area contributed by atoms with Crippen molar-refractivity contribution in [1.29, 1.82) is 0 Å². The number of fused-ring (bicyclic) bond motifs is 2. The van der Waals surface area contributed by atoms with E-state index in [1.165, 1.54) is 17.0 Å². The van der Waals surface area contributed by atoms with Crippen molar-refractivity contribution < 1.29 is 0 Å². The van der Waals surface area contributed by atoms with Crippen LogP contribution in [0.5, 0.6) is 0 Å². The SMILES string of the molecule is Nn1ccc2nc3ncnn3cc2c1=O. The summed E-state index contributed by atoms with van der Waals surface area (Å²) >= 11 is 0. The van der Waals surface area contributed by atoms with Gasteiger partial charge in [-0.15, -0.1) is 0 Å². The molecule has 0 aliphatic carbocycles. The van der Waals surface area contributed by atoms with Gasteiger partial charge >= 0.3 is 0 Å². The van der Waals surface area contributed by atoms with E-state index >= 15 is 0 Å². The number of pyridine rings is 1. The van der Waals surface area contributed by atoms with E-state index in [0.717, 1.165) is 4.68 Å². The molecule has 0 saturated heterocycles. The lowest BCUT2D eigenvalue weighted by molar-refractivity contribution is 0.925. The van der Waals surface area contributed by atoms with Gasteiger partial charge in [0.25, 0.3) is 11.3 Å². The van der Waals surface area contributed by atoms with E-state index in [9.17, 15) is 4.79 Å². The van der Waals surface area contributed by atoms with Crippen molar-refractivity contribution in [2.75, 3.05) is 5.84 Å². The average Bonchev–Trinajstić information content (AvgIpc) is 2.68. The third-order valence-electron chi connectivity index (χ3n) is 2.16. The minimum Gasteiger partial charge on any atom is -0.336 e. The zero-order valence-corrected chi connectivity index (χ0v) is 7.53. The summed E-state index contributed by atoms with van der Waals surface area (Å²) in [6, 6.07) is 1.66. The number of nitrogens with two attached hydrogens (primary N) is 1. The van der Waals surface area contributed by atoms with Gasteiger partial charge in [0.15, 0.2) is 0 Å². The summed E-state index contributed by atoms with van der Waals surface area (Å²) in [5.74, 6) is 5.89. The topological polar surface area (TPSA) is 91.1 Å². The molecule has 0 spiro atoms. The Hall–Kier alpha value is -2.44. The first-order valence-electron chi connectivity index (χ1n) is 4.22. The molecule has 0 radical (unpaired) electrons. The zero-order chi connectivity index (χ0) is 10.4. The van der Waals surface area contributed by atoms with E-state index < -0.39 is 0 Å². The maximum atomic E-state index is 11.6. The molecule has 0 fully saturated rings. The van der Waals surface area contributed by atoms with Crippen LogP contribution in [0.2, 0.25) is 0 Å². The molecule has 3 heterocycles. The number of hydrogen-bond acceptors (Lipinski definition) is 5. The summed E-state index contributed by atoms with van der Waals surface area (Å²) in [6.07, 6.45) is 4.41. The highest BCUT2D eigenvalue weighted by Gasteiger charge is 2.05. The summed E-state index contributed by atoms with van der Waals surface area (Å²) in [5.41, 5.74) is 0.250. The second-order valence-electron chi connectivity index (χ2n) is 3.07. The third-order valence-corrected chi connectivity index (χ3v) is 2.16. The fraction of sp³-hybridized carbons (Fsp3) is 0. The van der Waals surface area contributed by atoms with Crippen LogP contribution in [-0.4, -0.2) is 24.3 Å². The van der Waals surface area contributed by atoms with Crippen molar-refractivity contribution in [2.24, 2.45) is 0 Å². The Balaban J connectivity index is 2.60. The number of nitrogens with zero attached hydrogens (tertiary/aromatic N) is 5. The normalized spacial score (nSPS) is 11.2. The van der Waals surface area contributed by atoms with Gasteiger partial charge in [0.1, 0.15) is 6.33 Å². The van der Waals surface area contributed by atoms with Crippen LogP contribution in [0.15, 0.2) is 29.6 Å². The highest BCUT2D eigenvalue weighted by molar-refractivity contribution is 5.77. The lowest BCUT2D eigenvalue weighted by Gasteiger charge is -2.00. The maximum Gasteiger partial charge on any atom is 0.279 e. The lowest BCUT2D eigenvalue weighted by Crippen LogP contribution is -2.26. The molecule has 74 valence electrons. The van der Waals surface area contributed by atoms with Crippen molar-refractivity contribution in [3.63, 3.8) is 0 Å². The average molecular weight is 202 g/mol. The Morgan fingerprint density at radius 2 is 2.27 bits per heavy atom. The minimum atomic E-state index is -0.308. The van der Waals surface area contributed by atoms with Crippen LogP contribution < -0.4 is 11.4 Å². The van der Waals surface area contributed by atoms with E-state index in [2.05, 4.69) is 15.1 Å². The van der Waals surface area contributed by atoms with E-state index in [1.807, 2.05) is 0 Å². The molecular weight excluding hydrogens is 196 g/mol. The molecule has 3 aromatic heterocycles. The Labute approximate surface area is 82.8 Å². The van der Waals surface area contributed by atoms with Crippen molar-refractivity contribution in [2.45, 2.75) is 0 Å². The second-order valence-corrected chi connectivity index (χ2v) is 3.07. The highest BCUT2D eigenvalue weighted by Crippen LogP contribution is 2.06. The fourth-order valence-corrected chi connectivity index (χ4v) is 1.42. The predicted molar refractivity (Wildman–Crippen MR) is 52.7 cm³/mol. The minimum absolute atomic E-state index is 0.308. The van der Waals surface area contributed by atoms with Gasteiger partial charge in [-0.05, 0) is 6.07 Å². The van der Waals surface area contributed by atoms with Crippen LogP contribution in [0.1, 0.15) is 0 Å². The van der Waals surface area contributed by atoms with Gasteiger partial charge in [-0.1, -0.05) is 0 Å². The molecule has 7 nitrogen and oxygen atoms in total. The van der Waals surface area contributed by atoms with Crippen molar-refractivity contribution in [3.05, 3.63) is 35.1 Å². The first-order chi connectivity index (χ1) is 7.25. The molecule has 0 unspecified atom stereocenters. The molecular formula is C8H6N6O. The van der Waals surface area contributed by atoms with Crippen LogP contribution in [0.25, 0.3) is 16.7 Å². The van der Waals surface area contributed by atoms with Crippen molar-refractivity contribution in [3.8, 4) is 0 Å². The van der Waals surface area contributed by atoms with Crippen LogP contribution in [-0.2, 0) is 0 Å². The second kappa shape index (κ2) is 2.53. The van der Waals surface area contributed by atoms with Gasteiger partial charge in [0, 0.05) is 12.4 Å². The number of aromatic nitrogens is 5. The van der Waals surface area contributed by atoms with Crippen LogP contribution in [0.3, 0.4) is 0 Å². The van der Waals surface area contributed by atoms with Gasteiger partial charge in [0.05, 0.1) is 10.9 Å². The molecule has 0 bridgehead atoms. The lowest BCUT2D eigenvalue weighted by atomic mass is 10.3. The molecule has 0 saturated carbocycles. The van der Waals surface area contributed by atoms with E-state index in [4.69, 9.17) is 5.84 Å². The fourth-order valence-electron chi connectivity index (χ4n) is 1.42. The number of nitrogen functional groups attached to an aromatic ring is 1. The maximum absolute atomic E-state index is 11.6. The summed E-state index contributed by atoms with van der Waals surface area (Å²) in [5, 5.41) is 4.31. The molecule has 0 aromatic carbocycles. The smallest absolute Gasteiger partial charge is 0.279 e. The first kappa shape index (κ1) is 7.92. The Bertz CT molecular complexity index is 712. The van der Waals surface area contributed by atoms with E-state index in [-0.39, 0.29) is 5.56 Å². The number of rotatable bonds is 0. The Kier molecular flexibility index (Phi) is 1.34. The number of hydrogen-bond donors (Lipinski definition) is 1. The van der Waals surface area contributed by atoms with Gasteiger partial charge in [0.2, 0.25) is 0 Å². The molecule has 7 heteroatoms. The monoisotopic (exact) mass is 202 g/mol. The van der Waals surface area contributed by atoms with Gasteiger partial charge in [-0.25, -0.2) is 14.2 Å². The van der Waals surface area contributed by atoms with Gasteiger partial charge in [-0.3, -0.25) is 4.79 Å². The molecule has 0 aliphatic heterocycles. The highest BCUT2D eigenvalue weighted by atomic mass is 16.1. The Morgan fingerprint density at radius 1 is 1.40 bits per heavy atom. The predicted octanol–water partition coefficient (Wildman–Crippen LogP) is -0.847. The molecule has 3 aromatic rings. The van der Waals surface area contributed by atoms with Crippen molar-refractivity contribution in [1.82, 2.24) is 24.3 Å². The molecule has 0 atom stereocenters. The largest absolute Gasteiger partial charge is 0.336 e. The standard InChI is InChI=1S/C8H6N6O/c9-13-2-1-6-5(7(13)15)3-14-8(12-6)10-4-11-14/h1-4H,9H2. The summed E-state index contributed by atoms with van der Waals surface area (Å²) in [7, 11) is 0. The van der Waals surface area contributed by atoms with Gasteiger partial charge < -0.3 is 5.84 Å². The summed E-state index contributed by atoms with van der Waals surface area (Å²) < 4.78 is 2.44. The van der Waals surface area contributed by atoms with Gasteiger partial charge in [-0.2, -0.15) is 10.1 Å². The van der Waals surface area contributed by atoms with Crippen LogP contribution in [0, 0.1) is 0 Å². The van der Waals surface area contributed by atoms with Crippen LogP contribution >= 0.6 is 0 Å². The Morgan fingerprint density at radius 3 is 3.13 bits per heavy atom. The quantitative estimate of drug-likeness (QED) is 0.479. The van der Waals surface area contributed by atoms with Crippen molar-refractivity contribution >= 4 is 16.7 Å². The summed E-state index contributed by atoms with van der Waals surface area (Å²) in [6.45, 7) is 0. The van der Waals surface area contributed by atoms with Crippen LogP contribution in [0.4, 0.5) is 0 Å². The molecule has 15 heavy (non-hydrogen) atoms. The molecule has 2 N–H and O–H groups in total. The summed E-state index contributed by atoms with van der Waals surface area (Å²) in [4.78, 5) is 19.7. The first-order valence-corrected chi connectivity index (χ1v) is 4.22. The zero-order valence-electron chi connectivity index (χ0n) is 7.53. The molecule has 3 rings (SSSR count). The molecule has 0 amide bonds. The molecule has 0 aliphatic rings. The third kappa shape index (κ3) is 0.997.